The molecule has 5 heteroatoms. The summed E-state index contributed by atoms with van der Waals surface area (Å²) in [5.74, 6) is 0.00964. The van der Waals surface area contributed by atoms with Crippen LogP contribution in [0.2, 0.25) is 0 Å². The number of hydrogen-bond donors (Lipinski definition) is 1. The van der Waals surface area contributed by atoms with E-state index in [0.717, 1.165) is 35.7 Å². The van der Waals surface area contributed by atoms with Gasteiger partial charge in [-0.1, -0.05) is 30.3 Å². The minimum atomic E-state index is 0.00964. The van der Waals surface area contributed by atoms with E-state index in [2.05, 4.69) is 10.3 Å². The van der Waals surface area contributed by atoms with Gasteiger partial charge in [0.15, 0.2) is 0 Å². The van der Waals surface area contributed by atoms with Crippen molar-refractivity contribution in [2.75, 3.05) is 13.2 Å². The summed E-state index contributed by atoms with van der Waals surface area (Å²) in [5.41, 5.74) is 1.91. The third kappa shape index (κ3) is 3.89. The molecule has 1 aliphatic heterocycles. The number of carbonyl (C=O) groups excluding carboxylic acids is 1. The maximum absolute atomic E-state index is 11.9. The average Bonchev–Trinajstić information content (AvgIpc) is 3.17. The molecule has 1 atom stereocenters. The number of rotatable bonds is 5. The second-order valence-corrected chi connectivity index (χ2v) is 5.98. The molecular weight excluding hydrogens is 284 g/mol. The summed E-state index contributed by atoms with van der Waals surface area (Å²) in [6.45, 7) is 1.42. The van der Waals surface area contributed by atoms with E-state index in [4.69, 9.17) is 4.74 Å². The van der Waals surface area contributed by atoms with E-state index < -0.39 is 0 Å². The molecule has 2 heterocycles. The van der Waals surface area contributed by atoms with Crippen molar-refractivity contribution in [1.29, 1.82) is 0 Å². The molecule has 110 valence electrons. The lowest BCUT2D eigenvalue weighted by Gasteiger charge is -2.09. The van der Waals surface area contributed by atoms with Gasteiger partial charge in [0.25, 0.3) is 0 Å². The predicted molar refractivity (Wildman–Crippen MR) is 83.2 cm³/mol. The fourth-order valence-electron chi connectivity index (χ4n) is 2.36. The van der Waals surface area contributed by atoms with Crippen LogP contribution in [0.5, 0.6) is 0 Å². The highest BCUT2D eigenvalue weighted by Gasteiger charge is 2.16. The monoisotopic (exact) mass is 302 g/mol. The maximum Gasteiger partial charge on any atom is 0.226 e. The first-order chi connectivity index (χ1) is 10.3. The summed E-state index contributed by atoms with van der Waals surface area (Å²) in [6, 6.07) is 10.0. The molecule has 0 aliphatic carbocycles. The van der Waals surface area contributed by atoms with Gasteiger partial charge in [-0.3, -0.25) is 4.79 Å². The fourth-order valence-corrected chi connectivity index (χ4v) is 3.19. The Morgan fingerprint density at radius 2 is 2.24 bits per heavy atom. The van der Waals surface area contributed by atoms with Gasteiger partial charge in [-0.25, -0.2) is 4.98 Å². The van der Waals surface area contributed by atoms with Crippen LogP contribution < -0.4 is 5.32 Å². The summed E-state index contributed by atoms with van der Waals surface area (Å²) >= 11 is 1.57. The predicted octanol–water partition coefficient (Wildman–Crippen LogP) is 2.65. The Hall–Kier alpha value is -1.72. The van der Waals surface area contributed by atoms with Crippen LogP contribution in [-0.2, 0) is 16.0 Å². The molecule has 0 bridgehead atoms. The molecule has 1 aliphatic rings. The Kier molecular flexibility index (Phi) is 4.62. The number of carbonyl (C=O) groups is 1. The zero-order valence-electron chi connectivity index (χ0n) is 11.7. The first kappa shape index (κ1) is 14.2. The zero-order valence-corrected chi connectivity index (χ0v) is 12.6. The topological polar surface area (TPSA) is 51.2 Å². The SMILES string of the molecule is O=C(Cc1csc(-c2ccccc2)n1)NC[C@@H]1CCCO1. The van der Waals surface area contributed by atoms with Crippen molar-refractivity contribution < 1.29 is 9.53 Å². The Morgan fingerprint density at radius 3 is 3.00 bits per heavy atom. The number of aromatic nitrogens is 1. The van der Waals surface area contributed by atoms with Gasteiger partial charge in [0.1, 0.15) is 5.01 Å². The second kappa shape index (κ2) is 6.83. The van der Waals surface area contributed by atoms with E-state index in [1.165, 1.54) is 0 Å². The molecule has 0 radical (unpaired) electrons. The Morgan fingerprint density at radius 1 is 1.38 bits per heavy atom. The van der Waals surface area contributed by atoms with Crippen LogP contribution in [0.25, 0.3) is 10.6 Å². The third-order valence-corrected chi connectivity index (χ3v) is 4.41. The van der Waals surface area contributed by atoms with E-state index in [9.17, 15) is 4.79 Å². The molecule has 1 saturated heterocycles. The molecule has 2 aromatic rings. The summed E-state index contributed by atoms with van der Waals surface area (Å²) in [4.78, 5) is 16.4. The molecule has 3 rings (SSSR count). The Labute approximate surface area is 128 Å². The third-order valence-electron chi connectivity index (χ3n) is 3.47. The van der Waals surface area contributed by atoms with Gasteiger partial charge in [-0.05, 0) is 12.8 Å². The molecule has 4 nitrogen and oxygen atoms in total. The van der Waals surface area contributed by atoms with E-state index >= 15 is 0 Å². The van der Waals surface area contributed by atoms with Gasteiger partial charge in [-0.2, -0.15) is 0 Å². The number of nitrogens with one attached hydrogen (secondary N) is 1. The molecular formula is C16H18N2O2S. The van der Waals surface area contributed by atoms with Crippen LogP contribution in [0.3, 0.4) is 0 Å². The van der Waals surface area contributed by atoms with Crippen molar-refractivity contribution in [3.05, 3.63) is 41.4 Å². The van der Waals surface area contributed by atoms with Crippen LogP contribution in [0.15, 0.2) is 35.7 Å². The molecule has 0 unspecified atom stereocenters. The van der Waals surface area contributed by atoms with E-state index in [1.807, 2.05) is 35.7 Å². The standard InChI is InChI=1S/C16H18N2O2S/c19-15(17-10-14-7-4-8-20-14)9-13-11-21-16(18-13)12-5-2-1-3-6-12/h1-3,5-6,11,14H,4,7-10H2,(H,17,19)/t14-/m0/s1. The molecule has 0 spiro atoms. The summed E-state index contributed by atoms with van der Waals surface area (Å²) in [6.07, 6.45) is 2.64. The summed E-state index contributed by atoms with van der Waals surface area (Å²) < 4.78 is 5.49. The lowest BCUT2D eigenvalue weighted by molar-refractivity contribution is -0.121. The average molecular weight is 302 g/mol. The number of ether oxygens (including phenoxy) is 1. The van der Waals surface area contributed by atoms with Crippen molar-refractivity contribution in [2.45, 2.75) is 25.4 Å². The van der Waals surface area contributed by atoms with Gasteiger partial charge in [0, 0.05) is 24.1 Å². The largest absolute Gasteiger partial charge is 0.376 e. The van der Waals surface area contributed by atoms with Crippen LogP contribution in [-0.4, -0.2) is 30.1 Å². The smallest absolute Gasteiger partial charge is 0.226 e. The highest BCUT2D eigenvalue weighted by molar-refractivity contribution is 7.13. The normalized spacial score (nSPS) is 17.8. The Bertz CT molecular complexity index is 591. The number of benzene rings is 1. The molecule has 1 aromatic heterocycles. The van der Waals surface area contributed by atoms with Gasteiger partial charge < -0.3 is 10.1 Å². The quantitative estimate of drug-likeness (QED) is 0.924. The highest BCUT2D eigenvalue weighted by Crippen LogP contribution is 2.23. The fraction of sp³-hybridized carbons (Fsp3) is 0.375. The summed E-state index contributed by atoms with van der Waals surface area (Å²) in [7, 11) is 0. The minimum absolute atomic E-state index is 0.00964. The molecule has 1 N–H and O–H groups in total. The molecule has 1 fully saturated rings. The van der Waals surface area contributed by atoms with Gasteiger partial charge in [-0.15, -0.1) is 11.3 Å². The molecule has 1 aromatic carbocycles. The lowest BCUT2D eigenvalue weighted by atomic mass is 10.2. The number of amides is 1. The molecule has 21 heavy (non-hydrogen) atoms. The van der Waals surface area contributed by atoms with E-state index in [-0.39, 0.29) is 12.0 Å². The molecule has 0 saturated carbocycles. The van der Waals surface area contributed by atoms with Gasteiger partial charge >= 0.3 is 0 Å². The van der Waals surface area contributed by atoms with Crippen LogP contribution in [0, 0.1) is 0 Å². The summed E-state index contributed by atoms with van der Waals surface area (Å²) in [5, 5.41) is 5.83. The van der Waals surface area contributed by atoms with Gasteiger partial charge in [0.05, 0.1) is 18.2 Å². The van der Waals surface area contributed by atoms with E-state index in [0.29, 0.717) is 13.0 Å². The van der Waals surface area contributed by atoms with Crippen molar-refractivity contribution in [3.63, 3.8) is 0 Å². The number of nitrogens with zero attached hydrogens (tertiary/aromatic N) is 1. The van der Waals surface area contributed by atoms with Gasteiger partial charge in [0.2, 0.25) is 5.91 Å². The maximum atomic E-state index is 11.9. The van der Waals surface area contributed by atoms with E-state index in [1.54, 1.807) is 11.3 Å². The van der Waals surface area contributed by atoms with Crippen LogP contribution in [0.1, 0.15) is 18.5 Å². The first-order valence-corrected chi connectivity index (χ1v) is 8.07. The highest BCUT2D eigenvalue weighted by atomic mass is 32.1. The Balaban J connectivity index is 1.53. The van der Waals surface area contributed by atoms with Crippen LogP contribution in [0.4, 0.5) is 0 Å². The van der Waals surface area contributed by atoms with Crippen molar-refractivity contribution in [3.8, 4) is 10.6 Å². The first-order valence-electron chi connectivity index (χ1n) is 7.19. The minimum Gasteiger partial charge on any atom is -0.376 e. The zero-order chi connectivity index (χ0) is 14.5. The van der Waals surface area contributed by atoms with Crippen molar-refractivity contribution in [1.82, 2.24) is 10.3 Å². The lowest BCUT2D eigenvalue weighted by Crippen LogP contribution is -2.32. The number of thiazole rings is 1. The van der Waals surface area contributed by atoms with Crippen molar-refractivity contribution >= 4 is 17.2 Å². The number of hydrogen-bond acceptors (Lipinski definition) is 4. The molecule has 1 amide bonds. The van der Waals surface area contributed by atoms with Crippen molar-refractivity contribution in [2.24, 2.45) is 0 Å². The van der Waals surface area contributed by atoms with Crippen LogP contribution >= 0.6 is 11.3 Å². The second-order valence-electron chi connectivity index (χ2n) is 5.13.